The number of likely N-dealkylation sites (tertiary alicyclic amines) is 1. The van der Waals surface area contributed by atoms with Crippen molar-refractivity contribution >= 4 is 12.0 Å². The summed E-state index contributed by atoms with van der Waals surface area (Å²) < 4.78 is 0. The monoisotopic (exact) mass is 258 g/mol. The van der Waals surface area contributed by atoms with Crippen molar-refractivity contribution in [1.29, 1.82) is 0 Å². The molecule has 0 aromatic heterocycles. The number of rotatable bonds is 4. The average molecular weight is 258 g/mol. The van der Waals surface area contributed by atoms with Crippen molar-refractivity contribution in [2.24, 2.45) is 5.92 Å². The summed E-state index contributed by atoms with van der Waals surface area (Å²) in [5, 5.41) is 20.0. The third-order valence-electron chi connectivity index (χ3n) is 3.49. The van der Waals surface area contributed by atoms with Gasteiger partial charge in [-0.05, 0) is 25.2 Å². The van der Waals surface area contributed by atoms with Crippen LogP contribution in [0, 0.1) is 5.92 Å². The molecule has 0 aromatic rings. The Balaban J connectivity index is 2.48. The van der Waals surface area contributed by atoms with Crippen LogP contribution in [0.3, 0.4) is 0 Å². The number of aliphatic carboxylic acids is 1. The Hall–Kier alpha value is -1.30. The first-order valence-corrected chi connectivity index (χ1v) is 6.47. The maximum absolute atomic E-state index is 11.9. The number of carbonyl (C=O) groups is 2. The predicted octanol–water partition coefficient (Wildman–Crippen LogP) is 0.654. The lowest BCUT2D eigenvalue weighted by Gasteiger charge is -2.23. The topological polar surface area (TPSA) is 89.9 Å². The van der Waals surface area contributed by atoms with Gasteiger partial charge in [0.1, 0.15) is 0 Å². The van der Waals surface area contributed by atoms with Gasteiger partial charge in [-0.3, -0.25) is 0 Å². The van der Waals surface area contributed by atoms with Crippen LogP contribution in [0.1, 0.15) is 32.6 Å². The van der Waals surface area contributed by atoms with Crippen molar-refractivity contribution in [3.8, 4) is 0 Å². The van der Waals surface area contributed by atoms with Gasteiger partial charge in [0, 0.05) is 13.1 Å². The smallest absolute Gasteiger partial charge is 0.328 e. The summed E-state index contributed by atoms with van der Waals surface area (Å²) in [6.45, 7) is 2.86. The number of nitrogens with one attached hydrogen (secondary N) is 1. The van der Waals surface area contributed by atoms with Crippen molar-refractivity contribution in [2.75, 3.05) is 19.7 Å². The molecule has 0 spiro atoms. The van der Waals surface area contributed by atoms with Crippen LogP contribution in [0.4, 0.5) is 4.79 Å². The zero-order valence-electron chi connectivity index (χ0n) is 10.8. The second-order valence-electron chi connectivity index (χ2n) is 4.72. The van der Waals surface area contributed by atoms with E-state index in [1.54, 1.807) is 4.90 Å². The average Bonchev–Trinajstić information content (AvgIpc) is 2.60. The van der Waals surface area contributed by atoms with Crippen molar-refractivity contribution in [1.82, 2.24) is 10.2 Å². The second-order valence-corrected chi connectivity index (χ2v) is 4.72. The number of hydrogen-bond acceptors (Lipinski definition) is 3. The normalized spacial score (nSPS) is 22.1. The Bertz CT molecular complexity index is 296. The van der Waals surface area contributed by atoms with Gasteiger partial charge in [-0.1, -0.05) is 13.3 Å². The summed E-state index contributed by atoms with van der Waals surface area (Å²) in [6, 6.07) is -1.61. The molecule has 0 aromatic carbocycles. The van der Waals surface area contributed by atoms with Gasteiger partial charge in [0.2, 0.25) is 0 Å². The SMILES string of the molecule is CCC1CCCN(C(=O)N[C@H](CO)C(=O)O)CC1. The highest BCUT2D eigenvalue weighted by atomic mass is 16.4. The molecule has 1 saturated heterocycles. The van der Waals surface area contributed by atoms with Crippen LogP contribution in [0.15, 0.2) is 0 Å². The molecule has 104 valence electrons. The Morgan fingerprint density at radius 3 is 2.67 bits per heavy atom. The molecule has 0 aliphatic carbocycles. The summed E-state index contributed by atoms with van der Waals surface area (Å²) in [5.41, 5.74) is 0. The highest BCUT2D eigenvalue weighted by Crippen LogP contribution is 2.20. The van der Waals surface area contributed by atoms with E-state index in [9.17, 15) is 9.59 Å². The molecular formula is C12H22N2O4. The molecule has 1 rings (SSSR count). The van der Waals surface area contributed by atoms with Gasteiger partial charge >= 0.3 is 12.0 Å². The molecule has 6 nitrogen and oxygen atoms in total. The maximum atomic E-state index is 11.9. The highest BCUT2D eigenvalue weighted by Gasteiger charge is 2.24. The second kappa shape index (κ2) is 7.20. The van der Waals surface area contributed by atoms with E-state index in [1.165, 1.54) is 0 Å². The number of aliphatic hydroxyl groups excluding tert-OH is 1. The third-order valence-corrected chi connectivity index (χ3v) is 3.49. The van der Waals surface area contributed by atoms with E-state index in [0.717, 1.165) is 25.7 Å². The molecule has 18 heavy (non-hydrogen) atoms. The number of aliphatic hydroxyl groups is 1. The minimum Gasteiger partial charge on any atom is -0.480 e. The van der Waals surface area contributed by atoms with Gasteiger partial charge in [-0.15, -0.1) is 0 Å². The van der Waals surface area contributed by atoms with E-state index < -0.39 is 24.6 Å². The van der Waals surface area contributed by atoms with Gasteiger partial charge in [-0.25, -0.2) is 9.59 Å². The van der Waals surface area contributed by atoms with Crippen molar-refractivity contribution in [3.05, 3.63) is 0 Å². The van der Waals surface area contributed by atoms with Crippen LogP contribution in [-0.2, 0) is 4.79 Å². The maximum Gasteiger partial charge on any atom is 0.328 e. The van der Waals surface area contributed by atoms with E-state index in [2.05, 4.69) is 12.2 Å². The first-order chi connectivity index (χ1) is 8.58. The van der Waals surface area contributed by atoms with Gasteiger partial charge < -0.3 is 20.4 Å². The van der Waals surface area contributed by atoms with E-state index in [0.29, 0.717) is 19.0 Å². The van der Waals surface area contributed by atoms with E-state index >= 15 is 0 Å². The van der Waals surface area contributed by atoms with Gasteiger partial charge in [0.15, 0.2) is 6.04 Å². The summed E-state index contributed by atoms with van der Waals surface area (Å²) >= 11 is 0. The minimum absolute atomic E-state index is 0.395. The molecule has 0 radical (unpaired) electrons. The zero-order chi connectivity index (χ0) is 13.5. The van der Waals surface area contributed by atoms with Crippen LogP contribution in [0.25, 0.3) is 0 Å². The predicted molar refractivity (Wildman–Crippen MR) is 66.2 cm³/mol. The standard InChI is InChI=1S/C12H22N2O4/c1-2-9-4-3-6-14(7-5-9)12(18)13-10(8-15)11(16)17/h9-10,15H,2-8H2,1H3,(H,13,18)(H,16,17)/t9?,10-/m1/s1. The van der Waals surface area contributed by atoms with Crippen LogP contribution in [0.2, 0.25) is 0 Å². The van der Waals surface area contributed by atoms with Gasteiger partial charge in [0.05, 0.1) is 6.61 Å². The Morgan fingerprint density at radius 2 is 2.11 bits per heavy atom. The fourth-order valence-electron chi connectivity index (χ4n) is 2.20. The van der Waals surface area contributed by atoms with Gasteiger partial charge in [0.25, 0.3) is 0 Å². The van der Waals surface area contributed by atoms with Crippen molar-refractivity contribution < 1.29 is 19.8 Å². The van der Waals surface area contributed by atoms with Crippen LogP contribution < -0.4 is 5.32 Å². The first kappa shape index (κ1) is 14.8. The third kappa shape index (κ3) is 4.18. The molecule has 0 saturated carbocycles. The Kier molecular flexibility index (Phi) is 5.91. The fraction of sp³-hybridized carbons (Fsp3) is 0.833. The summed E-state index contributed by atoms with van der Waals surface area (Å²) in [4.78, 5) is 24.2. The Labute approximate surface area is 107 Å². The van der Waals surface area contributed by atoms with E-state index in [-0.39, 0.29) is 0 Å². The van der Waals surface area contributed by atoms with Crippen molar-refractivity contribution in [3.63, 3.8) is 0 Å². The van der Waals surface area contributed by atoms with Crippen LogP contribution >= 0.6 is 0 Å². The lowest BCUT2D eigenvalue weighted by Crippen LogP contribution is -2.49. The summed E-state index contributed by atoms with van der Waals surface area (Å²) in [7, 11) is 0. The quantitative estimate of drug-likeness (QED) is 0.690. The molecule has 2 amide bonds. The first-order valence-electron chi connectivity index (χ1n) is 6.47. The molecule has 1 unspecified atom stereocenters. The molecule has 1 heterocycles. The van der Waals surface area contributed by atoms with Crippen molar-refractivity contribution in [2.45, 2.75) is 38.6 Å². The van der Waals surface area contributed by atoms with E-state index in [1.807, 2.05) is 0 Å². The van der Waals surface area contributed by atoms with Crippen LogP contribution in [-0.4, -0.2) is 52.9 Å². The minimum atomic E-state index is -1.22. The number of carboxylic acids is 1. The summed E-state index contributed by atoms with van der Waals surface area (Å²) in [6.07, 6.45) is 4.13. The van der Waals surface area contributed by atoms with Gasteiger partial charge in [-0.2, -0.15) is 0 Å². The molecular weight excluding hydrogens is 236 g/mol. The largest absolute Gasteiger partial charge is 0.480 e. The number of amides is 2. The lowest BCUT2D eigenvalue weighted by molar-refractivity contribution is -0.140. The van der Waals surface area contributed by atoms with E-state index in [4.69, 9.17) is 10.2 Å². The number of carboxylic acid groups (broad SMARTS) is 1. The molecule has 1 aliphatic heterocycles. The van der Waals surface area contributed by atoms with Crippen LogP contribution in [0.5, 0.6) is 0 Å². The number of hydrogen-bond donors (Lipinski definition) is 3. The number of carbonyl (C=O) groups excluding carboxylic acids is 1. The fourth-order valence-corrected chi connectivity index (χ4v) is 2.20. The Morgan fingerprint density at radius 1 is 1.39 bits per heavy atom. The molecule has 1 fully saturated rings. The summed E-state index contributed by atoms with van der Waals surface area (Å²) in [5.74, 6) is -0.567. The molecule has 1 aliphatic rings. The molecule has 3 N–H and O–H groups in total. The molecule has 6 heteroatoms. The number of urea groups is 1. The zero-order valence-corrected chi connectivity index (χ0v) is 10.8. The molecule has 0 bridgehead atoms. The lowest BCUT2D eigenvalue weighted by atomic mass is 9.98. The highest BCUT2D eigenvalue weighted by molar-refractivity contribution is 5.82. The number of nitrogens with zero attached hydrogens (tertiary/aromatic N) is 1. The molecule has 2 atom stereocenters.